The Labute approximate surface area is 154 Å². The fourth-order valence-corrected chi connectivity index (χ4v) is 3.60. The molecule has 0 saturated heterocycles. The van der Waals surface area contributed by atoms with Gasteiger partial charge >= 0.3 is 5.69 Å². The van der Waals surface area contributed by atoms with Crippen LogP contribution < -0.4 is 17.0 Å². The van der Waals surface area contributed by atoms with Crippen LogP contribution in [0.25, 0.3) is 10.8 Å². The number of thioether (sulfide) groups is 1. The number of H-pyrrole nitrogens is 1. The zero-order valence-corrected chi connectivity index (χ0v) is 15.1. The van der Waals surface area contributed by atoms with Crippen molar-refractivity contribution in [3.05, 3.63) is 68.9 Å². The molecule has 7 heteroatoms. The fraction of sp³-hybridized carbons (Fsp3) is 0.211. The van der Waals surface area contributed by atoms with Crippen LogP contribution in [0.3, 0.4) is 0 Å². The lowest BCUT2D eigenvalue weighted by Crippen LogP contribution is -2.36. The van der Waals surface area contributed by atoms with Crippen molar-refractivity contribution < 1.29 is 4.79 Å². The van der Waals surface area contributed by atoms with Gasteiger partial charge in [0.05, 0.1) is 5.75 Å². The topological polar surface area (TPSA) is 97.9 Å². The molecule has 1 aromatic heterocycles. The lowest BCUT2D eigenvalue weighted by Gasteiger charge is -2.11. The molecular formula is C19H19N3O3S. The number of rotatable bonds is 6. The molecule has 0 aliphatic heterocycles. The van der Waals surface area contributed by atoms with Crippen LogP contribution in [0.15, 0.2) is 56.9 Å². The Balaban J connectivity index is 1.84. The highest BCUT2D eigenvalue weighted by Crippen LogP contribution is 2.24. The summed E-state index contributed by atoms with van der Waals surface area (Å²) >= 11 is 1.33. The van der Waals surface area contributed by atoms with Crippen molar-refractivity contribution in [1.82, 2.24) is 9.55 Å². The van der Waals surface area contributed by atoms with Gasteiger partial charge in [-0.3, -0.25) is 19.1 Å². The van der Waals surface area contributed by atoms with Crippen molar-refractivity contribution in [2.24, 2.45) is 0 Å². The van der Waals surface area contributed by atoms with Crippen LogP contribution in [0.2, 0.25) is 0 Å². The molecule has 0 spiro atoms. The Hall–Kier alpha value is -2.80. The maximum absolute atomic E-state index is 12.6. The van der Waals surface area contributed by atoms with E-state index in [-0.39, 0.29) is 17.1 Å². The minimum Gasteiger partial charge on any atom is -0.384 e. The summed E-state index contributed by atoms with van der Waals surface area (Å²) in [5, 5.41) is 2.20. The number of ketones is 1. The van der Waals surface area contributed by atoms with Gasteiger partial charge in [0, 0.05) is 11.4 Å². The average molecular weight is 369 g/mol. The Bertz CT molecular complexity index is 1090. The molecule has 0 unspecified atom stereocenters. The molecule has 3 aromatic rings. The van der Waals surface area contributed by atoms with Gasteiger partial charge in [0.1, 0.15) is 11.4 Å². The molecule has 0 saturated carbocycles. The van der Waals surface area contributed by atoms with Crippen LogP contribution in [0, 0.1) is 0 Å². The van der Waals surface area contributed by atoms with Crippen molar-refractivity contribution in [3.8, 4) is 0 Å². The van der Waals surface area contributed by atoms with Crippen molar-refractivity contribution in [2.75, 3.05) is 11.5 Å². The molecule has 0 atom stereocenters. The van der Waals surface area contributed by atoms with E-state index in [2.05, 4.69) is 4.98 Å². The molecule has 1 heterocycles. The number of anilines is 1. The zero-order chi connectivity index (χ0) is 18.7. The van der Waals surface area contributed by atoms with E-state index in [1.165, 1.54) is 16.3 Å². The zero-order valence-electron chi connectivity index (χ0n) is 14.3. The van der Waals surface area contributed by atoms with Gasteiger partial charge < -0.3 is 5.73 Å². The van der Waals surface area contributed by atoms with Crippen molar-refractivity contribution in [1.29, 1.82) is 0 Å². The summed E-state index contributed by atoms with van der Waals surface area (Å²) in [6.07, 6.45) is 0.662. The highest BCUT2D eigenvalue weighted by atomic mass is 32.2. The maximum Gasteiger partial charge on any atom is 0.329 e. The number of benzene rings is 2. The largest absolute Gasteiger partial charge is 0.384 e. The van der Waals surface area contributed by atoms with Gasteiger partial charge in [-0.15, -0.1) is 11.8 Å². The van der Waals surface area contributed by atoms with Crippen LogP contribution in [0.5, 0.6) is 0 Å². The van der Waals surface area contributed by atoms with Gasteiger partial charge in [-0.25, -0.2) is 4.79 Å². The number of hydrogen-bond acceptors (Lipinski definition) is 5. The van der Waals surface area contributed by atoms with Crippen LogP contribution in [-0.4, -0.2) is 21.1 Å². The van der Waals surface area contributed by atoms with E-state index in [0.29, 0.717) is 13.0 Å². The van der Waals surface area contributed by atoms with E-state index in [0.717, 1.165) is 15.7 Å². The fourth-order valence-electron chi connectivity index (χ4n) is 2.78. The minimum atomic E-state index is -0.732. The second-order valence-corrected chi connectivity index (χ2v) is 6.94. The quantitative estimate of drug-likeness (QED) is 0.514. The number of carbonyl (C=O) groups excluding carboxylic acids is 1. The van der Waals surface area contributed by atoms with Gasteiger partial charge in [-0.1, -0.05) is 37.3 Å². The number of nitrogens with two attached hydrogens (primary N) is 1. The van der Waals surface area contributed by atoms with Crippen molar-refractivity contribution in [3.63, 3.8) is 0 Å². The Morgan fingerprint density at radius 1 is 1.15 bits per heavy atom. The van der Waals surface area contributed by atoms with E-state index >= 15 is 0 Å². The second-order valence-electron chi connectivity index (χ2n) is 5.89. The molecule has 0 fully saturated rings. The molecule has 0 amide bonds. The van der Waals surface area contributed by atoms with E-state index in [4.69, 9.17) is 5.73 Å². The SMILES string of the molecule is CCCn1c(N)c(C(=O)CSc2ccc3ccccc3c2)c(=O)[nH]c1=O. The number of hydrogen-bond donors (Lipinski definition) is 2. The predicted molar refractivity (Wildman–Crippen MR) is 105 cm³/mol. The number of nitrogens with zero attached hydrogens (tertiary/aromatic N) is 1. The van der Waals surface area contributed by atoms with Gasteiger partial charge in [0.2, 0.25) is 0 Å². The van der Waals surface area contributed by atoms with Crippen LogP contribution >= 0.6 is 11.8 Å². The van der Waals surface area contributed by atoms with E-state index < -0.39 is 17.0 Å². The van der Waals surface area contributed by atoms with E-state index in [9.17, 15) is 14.4 Å². The number of aromatic amines is 1. The van der Waals surface area contributed by atoms with Crippen LogP contribution in [-0.2, 0) is 6.54 Å². The number of fused-ring (bicyclic) bond motifs is 1. The maximum atomic E-state index is 12.6. The molecular weight excluding hydrogens is 350 g/mol. The van der Waals surface area contributed by atoms with E-state index in [1.54, 1.807) is 0 Å². The third-order valence-corrected chi connectivity index (χ3v) is 5.05. The summed E-state index contributed by atoms with van der Waals surface area (Å²) in [7, 11) is 0. The van der Waals surface area contributed by atoms with Crippen LogP contribution in [0.1, 0.15) is 23.7 Å². The first kappa shape index (κ1) is 18.0. The lowest BCUT2D eigenvalue weighted by molar-refractivity contribution is 0.102. The second kappa shape index (κ2) is 7.61. The first-order chi connectivity index (χ1) is 12.5. The molecule has 3 rings (SSSR count). The van der Waals surface area contributed by atoms with Gasteiger partial charge in [-0.05, 0) is 29.3 Å². The standard InChI is InChI=1S/C19H19N3O3S/c1-2-9-22-17(20)16(18(24)21-19(22)25)15(23)11-26-14-8-7-12-5-3-4-6-13(12)10-14/h3-8,10H,2,9,11,20H2,1H3,(H,21,24,25). The molecule has 3 N–H and O–H groups in total. The molecule has 0 radical (unpaired) electrons. The summed E-state index contributed by atoms with van der Waals surface area (Å²) in [5.74, 6) is -0.396. The summed E-state index contributed by atoms with van der Waals surface area (Å²) < 4.78 is 1.23. The third-order valence-electron chi connectivity index (χ3n) is 4.06. The normalized spacial score (nSPS) is 11.0. The summed E-state index contributed by atoms with van der Waals surface area (Å²) in [6.45, 7) is 2.23. The lowest BCUT2D eigenvalue weighted by atomic mass is 10.1. The number of nitrogen functional groups attached to an aromatic ring is 1. The molecule has 6 nitrogen and oxygen atoms in total. The van der Waals surface area contributed by atoms with Crippen LogP contribution in [0.4, 0.5) is 5.82 Å². The third kappa shape index (κ3) is 3.57. The Morgan fingerprint density at radius 3 is 2.62 bits per heavy atom. The Kier molecular flexibility index (Phi) is 5.27. The highest BCUT2D eigenvalue weighted by Gasteiger charge is 2.19. The molecule has 134 valence electrons. The molecule has 26 heavy (non-hydrogen) atoms. The van der Waals surface area contributed by atoms with E-state index in [1.807, 2.05) is 49.4 Å². The number of nitrogens with one attached hydrogen (secondary N) is 1. The molecule has 0 bridgehead atoms. The number of carbonyl (C=O) groups is 1. The summed E-state index contributed by atoms with van der Waals surface area (Å²) in [6, 6.07) is 13.9. The summed E-state index contributed by atoms with van der Waals surface area (Å²) in [5.41, 5.74) is 4.46. The molecule has 0 aliphatic carbocycles. The first-order valence-electron chi connectivity index (χ1n) is 8.28. The smallest absolute Gasteiger partial charge is 0.329 e. The Morgan fingerprint density at radius 2 is 1.88 bits per heavy atom. The average Bonchev–Trinajstić information content (AvgIpc) is 2.63. The summed E-state index contributed by atoms with van der Waals surface area (Å²) in [4.78, 5) is 39.6. The first-order valence-corrected chi connectivity index (χ1v) is 9.27. The predicted octanol–water partition coefficient (Wildman–Crippen LogP) is 2.66. The van der Waals surface area contributed by atoms with Gasteiger partial charge in [-0.2, -0.15) is 0 Å². The number of aromatic nitrogens is 2. The van der Waals surface area contributed by atoms with Gasteiger partial charge in [0.15, 0.2) is 5.78 Å². The molecule has 0 aliphatic rings. The minimum absolute atomic E-state index is 0.0651. The van der Waals surface area contributed by atoms with Gasteiger partial charge in [0.25, 0.3) is 5.56 Å². The molecule has 2 aromatic carbocycles. The monoisotopic (exact) mass is 369 g/mol. The number of Topliss-reactive ketones (excluding diaryl/α,β-unsaturated/α-hetero) is 1. The van der Waals surface area contributed by atoms with Crippen molar-refractivity contribution >= 4 is 34.1 Å². The van der Waals surface area contributed by atoms with Crippen molar-refractivity contribution in [2.45, 2.75) is 24.8 Å². The highest BCUT2D eigenvalue weighted by molar-refractivity contribution is 8.00.